The average molecular weight is 1480 g/mol. The molecule has 0 saturated heterocycles. The number of halogens is 1. The SMILES string of the molecule is C=C(C)[C@H]1CCC(CO)=C[C@@H]1c1c(O)cc(C2(CCCCCN=[N+]=[N-])CCC2)cc1O.C=C(C)[C@H]1CCC(COC(C)=O)=C[C@@H]1c1c(O)cc(C2(CCCCCN=[N+]=[N-])CCC2)cc1O.Oc1cc(O)cc(C2(CCCCCBr)CCC2)c1.[N-]=[N+]=NCCCCCC1(c2cc(O)cc(O)c2)CCC1. The molecule has 0 aromatic heterocycles. The summed E-state index contributed by atoms with van der Waals surface area (Å²) in [4.78, 5) is 19.6. The minimum absolute atomic E-state index is 0.00179. The Balaban J connectivity index is 0.000000198. The van der Waals surface area contributed by atoms with Crippen molar-refractivity contribution in [1.29, 1.82) is 0 Å². The molecule has 6 aliphatic carbocycles. The highest BCUT2D eigenvalue weighted by Gasteiger charge is 2.43. The van der Waals surface area contributed by atoms with Crippen molar-refractivity contribution in [2.24, 2.45) is 27.2 Å². The number of hydrogen-bond donors (Lipinski definition) is 9. The molecule has 103 heavy (non-hydrogen) atoms. The number of alkyl halides is 1. The minimum atomic E-state index is -0.321. The highest BCUT2D eigenvalue weighted by Crippen LogP contribution is 2.56. The lowest BCUT2D eigenvalue weighted by atomic mass is 9.61. The number of carbonyl (C=O) groups is 1. The van der Waals surface area contributed by atoms with Crippen LogP contribution in [0.15, 0.2) is 124 Å². The third-order valence-electron chi connectivity index (χ3n) is 23.3. The van der Waals surface area contributed by atoms with Crippen LogP contribution in [0, 0.1) is 11.8 Å². The first kappa shape index (κ1) is 82.4. The molecule has 21 heteroatoms. The Hall–Kier alpha value is -7.92. The molecule has 4 atom stereocenters. The number of carbonyl (C=O) groups excluding carboxylic acids is 1. The first-order valence-electron chi connectivity index (χ1n) is 37.7. The van der Waals surface area contributed by atoms with Gasteiger partial charge in [0.15, 0.2) is 0 Å². The molecule has 20 nitrogen and oxygen atoms in total. The summed E-state index contributed by atoms with van der Waals surface area (Å²) in [5.41, 5.74) is 34.6. The van der Waals surface area contributed by atoms with Crippen molar-refractivity contribution in [2.45, 2.75) is 260 Å². The molecule has 0 amide bonds. The van der Waals surface area contributed by atoms with E-state index in [9.17, 15) is 50.8 Å². The molecule has 0 spiro atoms. The summed E-state index contributed by atoms with van der Waals surface area (Å²) in [6, 6.07) is 17.4. The van der Waals surface area contributed by atoms with E-state index in [0.717, 1.165) is 204 Å². The van der Waals surface area contributed by atoms with E-state index in [1.54, 1.807) is 12.1 Å². The molecule has 4 aromatic rings. The van der Waals surface area contributed by atoms with Crippen molar-refractivity contribution in [2.75, 3.05) is 38.2 Å². The lowest BCUT2D eigenvalue weighted by molar-refractivity contribution is -0.140. The standard InChI is InChI=1S/C27H37N3O4.C25H35N3O3.C15H21BrO2.C15H21N3O2/c1-18(2)22-9-8-20(17-34-19(3)31)14-23(22)26-24(32)15-21(16-25(26)33)27(11-7-12-27)10-5-4-6-13-29-30-28;1-17(2)20-8-7-18(16-29)13-21(20)24-22(30)14-19(15-23(24)31)25(10-6-11-25)9-4-3-5-12-27-28-26;16-8-3-1-2-5-15(6-4-7-15)12-9-13(17)11-14(18)10-12;16-18-17-8-3-1-2-5-15(6-4-7-15)12-9-13(19)11-14(20)10-12/h14-16,22-23,32-33H,1,4-13,17H2,2-3H3;13-15,20-21,29-31H,1,3-12,16H2,2H3;9-11,17-18H,1-8H2;9-11,19-20H,1-8H2/t22-,23+;20-,21+;;/m11../s1. The van der Waals surface area contributed by atoms with Crippen LogP contribution in [-0.2, 0) is 31.2 Å². The van der Waals surface area contributed by atoms with Gasteiger partial charge < -0.3 is 50.7 Å². The number of esters is 1. The molecule has 0 unspecified atom stereocenters. The first-order valence-corrected chi connectivity index (χ1v) is 38.9. The highest BCUT2D eigenvalue weighted by atomic mass is 79.9. The second-order valence-electron chi connectivity index (χ2n) is 30.3. The number of rotatable bonds is 34. The fraction of sp³-hybridized carbons (Fsp3) is 0.598. The Morgan fingerprint density at radius 3 is 1.04 bits per heavy atom. The van der Waals surface area contributed by atoms with Gasteiger partial charge in [0, 0.05) is 81.7 Å². The van der Waals surface area contributed by atoms with E-state index in [4.69, 9.17) is 21.3 Å². The smallest absolute Gasteiger partial charge is 0.302 e. The molecule has 0 radical (unpaired) electrons. The predicted octanol–water partition coefficient (Wildman–Crippen LogP) is 22.2. The van der Waals surface area contributed by atoms with Crippen molar-refractivity contribution in [3.05, 3.63) is 173 Å². The Morgan fingerprint density at radius 2 is 0.767 bits per heavy atom. The van der Waals surface area contributed by atoms with Crippen LogP contribution in [0.1, 0.15) is 271 Å². The van der Waals surface area contributed by atoms with Crippen molar-refractivity contribution < 1.29 is 55.5 Å². The number of aliphatic hydroxyl groups excluding tert-OH is 1. The van der Waals surface area contributed by atoms with Gasteiger partial charge in [-0.05, 0) is 274 Å². The molecule has 0 bridgehead atoms. The summed E-state index contributed by atoms with van der Waals surface area (Å²) in [5.74, 6) is 0.633. The summed E-state index contributed by atoms with van der Waals surface area (Å²) < 4.78 is 5.20. The quantitative estimate of drug-likeness (QED) is 0.00402. The Bertz CT molecular complexity index is 3620. The van der Waals surface area contributed by atoms with E-state index in [1.807, 2.05) is 62.4 Å². The van der Waals surface area contributed by atoms with Crippen LogP contribution in [-0.4, -0.2) is 90.1 Å². The second-order valence-corrected chi connectivity index (χ2v) is 31.1. The monoisotopic (exact) mass is 1480 g/mol. The van der Waals surface area contributed by atoms with Crippen LogP contribution in [0.3, 0.4) is 0 Å². The number of aromatic hydroxyl groups is 8. The molecule has 560 valence electrons. The normalized spacial score (nSPS) is 19.8. The van der Waals surface area contributed by atoms with Crippen LogP contribution in [0.4, 0.5) is 0 Å². The van der Waals surface area contributed by atoms with E-state index in [1.165, 1.54) is 70.4 Å². The number of hydrogen-bond acceptors (Lipinski definition) is 14. The van der Waals surface area contributed by atoms with Crippen molar-refractivity contribution in [1.82, 2.24) is 0 Å². The van der Waals surface area contributed by atoms with Gasteiger partial charge in [0.1, 0.15) is 52.6 Å². The van der Waals surface area contributed by atoms with Crippen LogP contribution < -0.4 is 0 Å². The maximum absolute atomic E-state index is 11.3. The van der Waals surface area contributed by atoms with Gasteiger partial charge in [0.25, 0.3) is 0 Å². The predicted molar refractivity (Wildman–Crippen MR) is 411 cm³/mol. The summed E-state index contributed by atoms with van der Waals surface area (Å²) >= 11 is 3.46. The maximum atomic E-state index is 11.3. The fourth-order valence-corrected chi connectivity index (χ4v) is 17.3. The molecule has 0 heterocycles. The minimum Gasteiger partial charge on any atom is -0.508 e. The van der Waals surface area contributed by atoms with Gasteiger partial charge in [0.2, 0.25) is 0 Å². The number of allylic oxidation sites excluding steroid dienone is 4. The molecule has 4 fully saturated rings. The molecular formula is C82H114BrN9O11. The number of phenols is 8. The number of nitrogens with zero attached hydrogens (tertiary/aromatic N) is 9. The lowest BCUT2D eigenvalue weighted by Gasteiger charge is -2.43. The third kappa shape index (κ3) is 22.8. The highest BCUT2D eigenvalue weighted by molar-refractivity contribution is 9.09. The van der Waals surface area contributed by atoms with Gasteiger partial charge in [-0.3, -0.25) is 4.79 Å². The maximum Gasteiger partial charge on any atom is 0.302 e. The van der Waals surface area contributed by atoms with E-state index >= 15 is 0 Å². The zero-order chi connectivity index (χ0) is 74.6. The molecule has 0 aliphatic heterocycles. The number of aliphatic hydroxyl groups is 1. The Kier molecular flexibility index (Phi) is 32.3. The Labute approximate surface area is 618 Å². The van der Waals surface area contributed by atoms with Gasteiger partial charge in [-0.25, -0.2) is 0 Å². The number of unbranched alkanes of at least 4 members (excludes halogenated alkanes) is 8. The number of phenolic OH excluding ortho intramolecular Hbond substituents is 8. The zero-order valence-electron chi connectivity index (χ0n) is 61.3. The van der Waals surface area contributed by atoms with Gasteiger partial charge in [-0.1, -0.05) is 145 Å². The van der Waals surface area contributed by atoms with Crippen molar-refractivity contribution in [3.63, 3.8) is 0 Å². The Morgan fingerprint density at radius 1 is 0.466 bits per heavy atom. The van der Waals surface area contributed by atoms with Crippen molar-refractivity contribution >= 4 is 21.9 Å². The van der Waals surface area contributed by atoms with Crippen LogP contribution in [0.25, 0.3) is 31.3 Å². The zero-order valence-corrected chi connectivity index (χ0v) is 62.9. The molecule has 6 aliphatic rings. The topological polar surface area (TPSA) is 355 Å². The van der Waals surface area contributed by atoms with Crippen molar-refractivity contribution in [3.8, 4) is 46.0 Å². The van der Waals surface area contributed by atoms with Gasteiger partial charge in [-0.2, -0.15) is 0 Å². The average Bonchev–Trinajstić information content (AvgIpc) is 0.765. The second kappa shape index (κ2) is 40.4. The van der Waals surface area contributed by atoms with Gasteiger partial charge in [0.05, 0.1) is 6.61 Å². The van der Waals surface area contributed by atoms with Gasteiger partial charge in [-0.15, -0.1) is 0 Å². The van der Waals surface area contributed by atoms with E-state index in [-0.39, 0.29) is 111 Å². The van der Waals surface area contributed by atoms with Gasteiger partial charge >= 0.3 is 5.97 Å². The molecule has 4 saturated carbocycles. The number of benzene rings is 4. The lowest BCUT2D eigenvalue weighted by Crippen LogP contribution is -2.34. The summed E-state index contributed by atoms with van der Waals surface area (Å²) in [7, 11) is 0. The molecule has 4 aromatic carbocycles. The largest absolute Gasteiger partial charge is 0.508 e. The fourth-order valence-electron chi connectivity index (χ4n) is 16.9. The van der Waals surface area contributed by atoms with E-state index in [0.29, 0.717) is 30.8 Å². The number of azide groups is 3. The molecular weight excluding hydrogens is 1370 g/mol. The van der Waals surface area contributed by atoms with E-state index in [2.05, 4.69) is 59.2 Å². The molecule has 10 rings (SSSR count). The summed E-state index contributed by atoms with van der Waals surface area (Å²) in [6.45, 7) is 15.5. The van der Waals surface area contributed by atoms with E-state index < -0.39 is 0 Å². The third-order valence-corrected chi connectivity index (χ3v) is 23.9. The van der Waals surface area contributed by atoms with Crippen LogP contribution >= 0.6 is 15.9 Å². The van der Waals surface area contributed by atoms with Crippen LogP contribution in [0.2, 0.25) is 0 Å². The summed E-state index contributed by atoms with van der Waals surface area (Å²) in [5, 5.41) is 104. The molecule has 9 N–H and O–H groups in total. The van der Waals surface area contributed by atoms with Crippen LogP contribution in [0.5, 0.6) is 46.0 Å². The number of ether oxygens (including phenoxy) is 1. The first-order chi connectivity index (χ1) is 49.5. The summed E-state index contributed by atoms with van der Waals surface area (Å²) in [6.07, 6.45) is 37.7.